The predicted molar refractivity (Wildman–Crippen MR) is 77.5 cm³/mol. The molecule has 0 aromatic heterocycles. The van der Waals surface area contributed by atoms with E-state index in [-0.39, 0.29) is 0 Å². The summed E-state index contributed by atoms with van der Waals surface area (Å²) in [5, 5.41) is -3.51. The van der Waals surface area contributed by atoms with Gasteiger partial charge in [-0.3, -0.25) is 4.18 Å². The molecule has 1 rings (SSSR count). The summed E-state index contributed by atoms with van der Waals surface area (Å²) >= 11 is 0. The number of rotatable bonds is 6. The van der Waals surface area contributed by atoms with Gasteiger partial charge in [-0.2, -0.15) is 56.3 Å². The third-order valence-corrected chi connectivity index (χ3v) is 7.60. The van der Waals surface area contributed by atoms with E-state index in [0.29, 0.717) is 6.92 Å². The van der Waals surface area contributed by atoms with E-state index < -0.39 is 87.2 Å². The van der Waals surface area contributed by atoms with Gasteiger partial charge in [0.15, 0.2) is 6.10 Å². The molecule has 0 aliphatic heterocycles. The fourth-order valence-electron chi connectivity index (χ4n) is 2.45. The lowest BCUT2D eigenvalue weighted by Crippen LogP contribution is -2.47. The molecule has 0 bridgehead atoms. The number of halogens is 9. The second-order valence-electron chi connectivity index (χ2n) is 6.22. The molecule has 1 atom stereocenters. The summed E-state index contributed by atoms with van der Waals surface area (Å²) in [5.41, 5.74) is 0. The lowest BCUT2D eigenvalue weighted by Gasteiger charge is -2.30. The van der Waals surface area contributed by atoms with Crippen LogP contribution in [0.15, 0.2) is 0 Å². The molecule has 0 aromatic carbocycles. The van der Waals surface area contributed by atoms with Crippen LogP contribution in [-0.4, -0.2) is 58.1 Å². The maximum absolute atomic E-state index is 12.5. The van der Waals surface area contributed by atoms with E-state index in [1.54, 1.807) is 0 Å². The van der Waals surface area contributed by atoms with Gasteiger partial charge >= 0.3 is 18.5 Å². The summed E-state index contributed by atoms with van der Waals surface area (Å²) < 4.78 is 167. The molecule has 1 unspecified atom stereocenters. The second kappa shape index (κ2) is 8.37. The maximum Gasteiger partial charge on any atom is 0.425 e. The van der Waals surface area contributed by atoms with Crippen molar-refractivity contribution >= 4 is 20.2 Å². The molecule has 0 spiro atoms. The quantitative estimate of drug-likeness (QED) is 0.419. The van der Waals surface area contributed by atoms with Crippen LogP contribution in [0.2, 0.25) is 0 Å². The van der Waals surface area contributed by atoms with Gasteiger partial charge in [0.2, 0.25) is 0 Å². The molecule has 0 saturated heterocycles. The zero-order valence-corrected chi connectivity index (χ0v) is 15.9. The SMILES string of the molecule is CC(OS(=O)(=O)C1CCC(S(=O)(=O)OC(C(F)(F)F)C(F)(F)F)CC1)C(F)(F)F. The average Bonchev–Trinajstić information content (AvgIpc) is 2.49. The highest BCUT2D eigenvalue weighted by molar-refractivity contribution is 7.87. The second-order valence-corrected chi connectivity index (χ2v) is 9.91. The Morgan fingerprint density at radius 1 is 0.655 bits per heavy atom. The fourth-order valence-corrected chi connectivity index (χ4v) is 5.46. The van der Waals surface area contributed by atoms with Gasteiger partial charge in [0, 0.05) is 0 Å². The minimum atomic E-state index is -6.08. The zero-order chi connectivity index (χ0) is 23.1. The Labute approximate surface area is 159 Å². The van der Waals surface area contributed by atoms with Crippen molar-refractivity contribution in [3.05, 3.63) is 0 Å². The van der Waals surface area contributed by atoms with Crippen LogP contribution in [0.1, 0.15) is 32.6 Å². The lowest BCUT2D eigenvalue weighted by atomic mass is 10.00. The highest BCUT2D eigenvalue weighted by Crippen LogP contribution is 2.39. The van der Waals surface area contributed by atoms with E-state index in [1.165, 1.54) is 0 Å². The highest BCUT2D eigenvalue weighted by Gasteiger charge is 2.60. The minimum absolute atomic E-state index is 0.413. The van der Waals surface area contributed by atoms with Gasteiger partial charge in [-0.25, -0.2) is 4.18 Å². The molecule has 1 aliphatic rings. The molecule has 0 heterocycles. The van der Waals surface area contributed by atoms with Gasteiger partial charge in [-0.15, -0.1) is 0 Å². The largest absolute Gasteiger partial charge is 0.425 e. The van der Waals surface area contributed by atoms with Crippen molar-refractivity contribution in [3.63, 3.8) is 0 Å². The molecule has 17 heteroatoms. The first-order chi connectivity index (χ1) is 12.7. The van der Waals surface area contributed by atoms with Crippen molar-refractivity contribution in [1.29, 1.82) is 0 Å². The Morgan fingerprint density at radius 2 is 0.966 bits per heavy atom. The molecular weight excluding hydrogens is 475 g/mol. The first-order valence-corrected chi connectivity index (χ1v) is 10.7. The van der Waals surface area contributed by atoms with Crippen LogP contribution in [-0.2, 0) is 28.6 Å². The van der Waals surface area contributed by atoms with Crippen LogP contribution < -0.4 is 0 Å². The third-order valence-electron chi connectivity index (χ3n) is 4.00. The molecule has 0 amide bonds. The summed E-state index contributed by atoms with van der Waals surface area (Å²) in [7, 11) is -10.2. The molecule has 6 nitrogen and oxygen atoms in total. The number of alkyl halides is 9. The van der Waals surface area contributed by atoms with Crippen molar-refractivity contribution in [1.82, 2.24) is 0 Å². The third kappa shape index (κ3) is 7.13. The average molecular weight is 490 g/mol. The molecule has 1 fully saturated rings. The summed E-state index contributed by atoms with van der Waals surface area (Å²) in [6.45, 7) is 0.413. The van der Waals surface area contributed by atoms with E-state index in [2.05, 4.69) is 8.37 Å². The Bertz CT molecular complexity index is 747. The Kier molecular flexibility index (Phi) is 7.57. The van der Waals surface area contributed by atoms with E-state index in [1.807, 2.05) is 0 Å². The topological polar surface area (TPSA) is 86.7 Å². The van der Waals surface area contributed by atoms with Gasteiger partial charge < -0.3 is 0 Å². The summed E-state index contributed by atoms with van der Waals surface area (Å²) in [5.74, 6) is 0. The van der Waals surface area contributed by atoms with Crippen molar-refractivity contribution in [2.45, 2.75) is 73.8 Å². The van der Waals surface area contributed by atoms with Crippen LogP contribution >= 0.6 is 0 Å². The van der Waals surface area contributed by atoms with Crippen LogP contribution in [0.3, 0.4) is 0 Å². The molecule has 29 heavy (non-hydrogen) atoms. The zero-order valence-electron chi connectivity index (χ0n) is 14.3. The van der Waals surface area contributed by atoms with E-state index in [9.17, 15) is 56.3 Å². The molecule has 0 radical (unpaired) electrons. The van der Waals surface area contributed by atoms with Gasteiger partial charge in [0.25, 0.3) is 26.3 Å². The van der Waals surface area contributed by atoms with Gasteiger partial charge in [-0.05, 0) is 32.6 Å². The summed E-state index contributed by atoms with van der Waals surface area (Å²) in [6, 6.07) is 0. The van der Waals surface area contributed by atoms with Crippen LogP contribution in [0.4, 0.5) is 39.5 Å². The van der Waals surface area contributed by atoms with Crippen molar-refractivity contribution in [2.75, 3.05) is 0 Å². The molecular formula is C12H15F9O6S2. The van der Waals surface area contributed by atoms with Gasteiger partial charge in [-0.1, -0.05) is 0 Å². The first-order valence-electron chi connectivity index (χ1n) is 7.72. The Morgan fingerprint density at radius 3 is 1.24 bits per heavy atom. The molecule has 1 saturated carbocycles. The molecule has 0 N–H and O–H groups in total. The monoisotopic (exact) mass is 490 g/mol. The standard InChI is InChI=1S/C12H15F9O6S2/c1-6(10(13,14)15)26-28(22,23)7-2-4-8(5-3-7)29(24,25)27-9(11(16,17)18)12(19,20)21/h6-9H,2-5H2,1H3. The van der Waals surface area contributed by atoms with Crippen LogP contribution in [0.5, 0.6) is 0 Å². The van der Waals surface area contributed by atoms with Crippen molar-refractivity contribution in [3.8, 4) is 0 Å². The normalized spacial score (nSPS) is 24.0. The van der Waals surface area contributed by atoms with E-state index in [4.69, 9.17) is 0 Å². The molecule has 174 valence electrons. The van der Waals surface area contributed by atoms with Gasteiger partial charge in [0.05, 0.1) is 10.5 Å². The summed E-state index contributed by atoms with van der Waals surface area (Å²) in [6.07, 6.45) is -27.3. The lowest BCUT2D eigenvalue weighted by molar-refractivity contribution is -0.299. The fraction of sp³-hybridized carbons (Fsp3) is 1.00. The molecule has 0 aromatic rings. The Balaban J connectivity index is 2.85. The Hall–Kier alpha value is -0.810. The van der Waals surface area contributed by atoms with E-state index in [0.717, 1.165) is 0 Å². The van der Waals surface area contributed by atoms with Crippen LogP contribution in [0.25, 0.3) is 0 Å². The van der Waals surface area contributed by atoms with Crippen molar-refractivity contribution in [2.24, 2.45) is 0 Å². The summed E-state index contributed by atoms with van der Waals surface area (Å²) in [4.78, 5) is 0. The predicted octanol–water partition coefficient (Wildman–Crippen LogP) is 3.43. The minimum Gasteiger partial charge on any atom is -0.257 e. The highest BCUT2D eigenvalue weighted by atomic mass is 32.2. The van der Waals surface area contributed by atoms with Crippen LogP contribution in [0, 0.1) is 0 Å². The maximum atomic E-state index is 12.5. The molecule has 1 aliphatic carbocycles. The first kappa shape index (κ1) is 26.2. The van der Waals surface area contributed by atoms with Gasteiger partial charge in [0.1, 0.15) is 0 Å². The smallest absolute Gasteiger partial charge is 0.257 e. The number of hydrogen-bond donors (Lipinski definition) is 0. The van der Waals surface area contributed by atoms with Crippen molar-refractivity contribution < 1.29 is 64.7 Å². The van der Waals surface area contributed by atoms with E-state index >= 15 is 0 Å². The number of hydrogen-bond acceptors (Lipinski definition) is 6.